The van der Waals surface area contributed by atoms with Gasteiger partial charge in [-0.1, -0.05) is 28.1 Å². The van der Waals surface area contributed by atoms with Crippen LogP contribution in [0, 0.1) is 0 Å². The monoisotopic (exact) mass is 283 g/mol. The quantitative estimate of drug-likeness (QED) is 0.815. The predicted octanol–water partition coefficient (Wildman–Crippen LogP) is 1.87. The molecule has 0 radical (unpaired) electrons. The Morgan fingerprint density at radius 2 is 2.38 bits per heavy atom. The number of hydrogen-bond acceptors (Lipinski definition) is 2. The molecule has 2 N–H and O–H groups in total. The van der Waals surface area contributed by atoms with Gasteiger partial charge >= 0.3 is 0 Å². The molecular weight excluding hydrogens is 270 g/mol. The molecule has 0 saturated heterocycles. The minimum absolute atomic E-state index is 0.0616. The molecule has 0 bridgehead atoms. The highest BCUT2D eigenvalue weighted by Gasteiger charge is 2.19. The van der Waals surface area contributed by atoms with Crippen molar-refractivity contribution in [3.63, 3.8) is 0 Å². The highest BCUT2D eigenvalue weighted by atomic mass is 79.9. The largest absolute Gasteiger partial charge is 0.393 e. The van der Waals surface area contributed by atoms with Crippen LogP contribution >= 0.6 is 15.9 Å². The number of amides is 1. The van der Waals surface area contributed by atoms with E-state index >= 15 is 0 Å². The zero-order valence-electron chi connectivity index (χ0n) is 8.87. The van der Waals surface area contributed by atoms with Crippen molar-refractivity contribution in [1.82, 2.24) is 0 Å². The van der Waals surface area contributed by atoms with Gasteiger partial charge in [0.05, 0.1) is 11.4 Å². The Labute approximate surface area is 103 Å². The molecule has 0 aromatic heterocycles. The van der Waals surface area contributed by atoms with Crippen molar-refractivity contribution in [1.29, 1.82) is 0 Å². The predicted molar refractivity (Wildman–Crippen MR) is 66.9 cm³/mol. The summed E-state index contributed by atoms with van der Waals surface area (Å²) in [6, 6.07) is 5.89. The van der Waals surface area contributed by atoms with Crippen LogP contribution < -0.4 is 5.32 Å². The van der Waals surface area contributed by atoms with Gasteiger partial charge in [-0.25, -0.2) is 0 Å². The molecule has 1 aliphatic rings. The number of rotatable bonds is 2. The maximum Gasteiger partial charge on any atom is 0.235 e. The number of benzene rings is 1. The summed E-state index contributed by atoms with van der Waals surface area (Å²) in [5.41, 5.74) is 3.15. The van der Waals surface area contributed by atoms with Crippen LogP contribution in [0.4, 0.5) is 5.69 Å². The summed E-state index contributed by atoms with van der Waals surface area (Å²) in [7, 11) is 0. The zero-order valence-corrected chi connectivity index (χ0v) is 10.5. The second-order valence-electron chi connectivity index (χ2n) is 4.02. The Bertz CT molecular complexity index is 406. The summed E-state index contributed by atoms with van der Waals surface area (Å²) in [4.78, 5) is 11.3. The summed E-state index contributed by atoms with van der Waals surface area (Å²) in [6.45, 7) is 0. The average molecular weight is 284 g/mol. The summed E-state index contributed by atoms with van der Waals surface area (Å²) in [5.74, 6) is -0.0616. The van der Waals surface area contributed by atoms with Crippen LogP contribution in [0.3, 0.4) is 0 Å². The van der Waals surface area contributed by atoms with Crippen molar-refractivity contribution in [3.8, 4) is 0 Å². The molecule has 16 heavy (non-hydrogen) atoms. The average Bonchev–Trinajstić information content (AvgIpc) is 2.29. The van der Waals surface area contributed by atoms with Gasteiger partial charge in [-0.05, 0) is 30.0 Å². The number of fused-ring (bicyclic) bond motifs is 1. The normalized spacial score (nSPS) is 19.0. The highest BCUT2D eigenvalue weighted by Crippen LogP contribution is 2.28. The third kappa shape index (κ3) is 2.44. The van der Waals surface area contributed by atoms with Gasteiger partial charge in [-0.3, -0.25) is 4.79 Å². The summed E-state index contributed by atoms with van der Waals surface area (Å²) in [5, 5.41) is 12.8. The van der Waals surface area contributed by atoms with Gasteiger partial charge in [0.2, 0.25) is 5.91 Å². The molecule has 0 spiro atoms. The van der Waals surface area contributed by atoms with E-state index in [9.17, 15) is 9.90 Å². The van der Waals surface area contributed by atoms with Gasteiger partial charge in [-0.15, -0.1) is 0 Å². The second-order valence-corrected chi connectivity index (χ2v) is 4.58. The Morgan fingerprint density at radius 1 is 1.56 bits per heavy atom. The van der Waals surface area contributed by atoms with E-state index in [1.54, 1.807) is 0 Å². The minimum atomic E-state index is -0.283. The molecule has 1 aromatic rings. The fourth-order valence-electron chi connectivity index (χ4n) is 2.07. The smallest absolute Gasteiger partial charge is 0.235 e. The Hall–Kier alpha value is -0.870. The van der Waals surface area contributed by atoms with E-state index in [1.165, 1.54) is 5.56 Å². The number of aliphatic hydroxyl groups is 1. The van der Waals surface area contributed by atoms with Crippen LogP contribution in [0.5, 0.6) is 0 Å². The Kier molecular flexibility index (Phi) is 3.61. The van der Waals surface area contributed by atoms with Gasteiger partial charge in [0, 0.05) is 12.1 Å². The zero-order chi connectivity index (χ0) is 11.5. The third-order valence-corrected chi connectivity index (χ3v) is 3.36. The molecule has 3 nitrogen and oxygen atoms in total. The first-order valence-corrected chi connectivity index (χ1v) is 6.47. The number of aryl methyl sites for hydroxylation is 1. The van der Waals surface area contributed by atoms with Gasteiger partial charge in [0.15, 0.2) is 0 Å². The Morgan fingerprint density at radius 3 is 3.12 bits per heavy atom. The number of alkyl halides is 1. The standard InChI is InChI=1S/C12H14BrNO2/c13-7-12(16)14-11-3-1-2-8-4-5-9(15)6-10(8)11/h1-3,9,15H,4-7H2,(H,14,16). The fourth-order valence-corrected chi connectivity index (χ4v) is 2.21. The topological polar surface area (TPSA) is 49.3 Å². The molecule has 4 heteroatoms. The van der Waals surface area contributed by atoms with E-state index in [1.807, 2.05) is 12.1 Å². The summed E-state index contributed by atoms with van der Waals surface area (Å²) < 4.78 is 0. The van der Waals surface area contributed by atoms with Crippen molar-refractivity contribution < 1.29 is 9.90 Å². The molecule has 0 aliphatic heterocycles. The van der Waals surface area contributed by atoms with E-state index in [-0.39, 0.29) is 12.0 Å². The maximum absolute atomic E-state index is 11.3. The van der Waals surface area contributed by atoms with Crippen molar-refractivity contribution >= 4 is 27.5 Å². The van der Waals surface area contributed by atoms with Gasteiger partial charge < -0.3 is 10.4 Å². The van der Waals surface area contributed by atoms with Gasteiger partial charge in [0.25, 0.3) is 0 Å². The number of carbonyl (C=O) groups is 1. The van der Waals surface area contributed by atoms with E-state index in [0.717, 1.165) is 24.1 Å². The Balaban J connectivity index is 2.28. The van der Waals surface area contributed by atoms with Crippen LogP contribution in [0.2, 0.25) is 0 Å². The lowest BCUT2D eigenvalue weighted by atomic mass is 9.88. The number of aliphatic hydroxyl groups excluding tert-OH is 1. The molecule has 1 amide bonds. The third-order valence-electron chi connectivity index (χ3n) is 2.86. The molecule has 0 fully saturated rings. The second kappa shape index (κ2) is 4.97. The SMILES string of the molecule is O=C(CBr)Nc1cccc2c1CC(O)CC2. The van der Waals surface area contributed by atoms with Crippen molar-refractivity contribution in [3.05, 3.63) is 29.3 Å². The van der Waals surface area contributed by atoms with E-state index in [2.05, 4.69) is 27.3 Å². The van der Waals surface area contributed by atoms with E-state index in [4.69, 9.17) is 0 Å². The number of nitrogens with one attached hydrogen (secondary N) is 1. The lowest BCUT2D eigenvalue weighted by Crippen LogP contribution is -2.22. The van der Waals surface area contributed by atoms with Crippen LogP contribution in [0.25, 0.3) is 0 Å². The van der Waals surface area contributed by atoms with Crippen molar-refractivity contribution in [2.24, 2.45) is 0 Å². The molecule has 86 valence electrons. The molecule has 1 atom stereocenters. The molecular formula is C12H14BrNO2. The molecule has 1 aromatic carbocycles. The molecule has 1 unspecified atom stereocenters. The van der Waals surface area contributed by atoms with Crippen LogP contribution in [-0.4, -0.2) is 22.4 Å². The van der Waals surface area contributed by atoms with Crippen LogP contribution in [0.15, 0.2) is 18.2 Å². The van der Waals surface area contributed by atoms with Gasteiger partial charge in [0.1, 0.15) is 0 Å². The fraction of sp³-hybridized carbons (Fsp3) is 0.417. The number of carbonyl (C=O) groups excluding carboxylic acids is 1. The van der Waals surface area contributed by atoms with E-state index in [0.29, 0.717) is 11.8 Å². The minimum Gasteiger partial charge on any atom is -0.393 e. The summed E-state index contributed by atoms with van der Waals surface area (Å²) >= 11 is 3.12. The highest BCUT2D eigenvalue weighted by molar-refractivity contribution is 9.09. The van der Waals surface area contributed by atoms with E-state index < -0.39 is 0 Å². The van der Waals surface area contributed by atoms with Gasteiger partial charge in [-0.2, -0.15) is 0 Å². The first-order chi connectivity index (χ1) is 7.70. The first-order valence-electron chi connectivity index (χ1n) is 5.35. The first kappa shape index (κ1) is 11.6. The molecule has 2 rings (SSSR count). The molecule has 0 saturated carbocycles. The summed E-state index contributed by atoms with van der Waals surface area (Å²) in [6.07, 6.45) is 2.04. The number of halogens is 1. The maximum atomic E-state index is 11.3. The van der Waals surface area contributed by atoms with Crippen LogP contribution in [0.1, 0.15) is 17.5 Å². The van der Waals surface area contributed by atoms with Crippen LogP contribution in [-0.2, 0) is 17.6 Å². The molecule has 1 aliphatic carbocycles. The number of anilines is 1. The van der Waals surface area contributed by atoms with Crippen molar-refractivity contribution in [2.75, 3.05) is 10.6 Å². The molecule has 0 heterocycles. The van der Waals surface area contributed by atoms with Crippen molar-refractivity contribution in [2.45, 2.75) is 25.4 Å². The lowest BCUT2D eigenvalue weighted by Gasteiger charge is -2.23. The lowest BCUT2D eigenvalue weighted by molar-refractivity contribution is -0.113. The number of hydrogen-bond donors (Lipinski definition) is 2.